The van der Waals surface area contributed by atoms with Crippen molar-refractivity contribution >= 4 is 23.3 Å². The molecule has 0 spiro atoms. The first-order valence-corrected chi connectivity index (χ1v) is 5.93. The molecule has 1 aromatic carbocycles. The zero-order chi connectivity index (χ0) is 14.0. The molecule has 0 bridgehead atoms. The summed E-state index contributed by atoms with van der Waals surface area (Å²) < 4.78 is 9.80. The Labute approximate surface area is 114 Å². The molecular weight excluding hydrogens is 274 g/mol. The number of fused-ring (bicyclic) bond motifs is 1. The number of aliphatic hydroxyl groups is 1. The Bertz CT molecular complexity index is 543. The average molecular weight is 286 g/mol. The number of ether oxygens (including phenoxy) is 2. The minimum absolute atomic E-state index is 0.174. The van der Waals surface area contributed by atoms with Crippen LogP contribution in [0.3, 0.4) is 0 Å². The second-order valence-electron chi connectivity index (χ2n) is 3.71. The van der Waals surface area contributed by atoms with Gasteiger partial charge in [0.1, 0.15) is 11.9 Å². The van der Waals surface area contributed by atoms with Crippen molar-refractivity contribution in [2.75, 3.05) is 13.7 Å². The molecule has 0 amide bonds. The van der Waals surface area contributed by atoms with Crippen molar-refractivity contribution < 1.29 is 24.2 Å². The summed E-state index contributed by atoms with van der Waals surface area (Å²) in [5, 5.41) is 13.9. The summed E-state index contributed by atoms with van der Waals surface area (Å²) in [6.45, 7) is 1.83. The second kappa shape index (κ2) is 5.46. The molecule has 0 aromatic heterocycles. The minimum Gasteiger partial charge on any atom is -0.497 e. The number of rotatable bonds is 3. The molecule has 102 valence electrons. The van der Waals surface area contributed by atoms with Crippen molar-refractivity contribution in [1.82, 2.24) is 0 Å². The SMILES string of the molecule is CCOC(=O)C1=NOc2cc(OC)cc(Cl)c2[C@H]1O. The monoisotopic (exact) mass is 285 g/mol. The van der Waals surface area contributed by atoms with Gasteiger partial charge in [-0.1, -0.05) is 16.8 Å². The van der Waals surface area contributed by atoms with Crippen molar-refractivity contribution in [3.63, 3.8) is 0 Å². The van der Waals surface area contributed by atoms with Crippen LogP contribution >= 0.6 is 11.6 Å². The third kappa shape index (κ3) is 2.50. The largest absolute Gasteiger partial charge is 0.497 e. The van der Waals surface area contributed by atoms with Crippen LogP contribution in [-0.2, 0) is 9.53 Å². The lowest BCUT2D eigenvalue weighted by Crippen LogP contribution is -2.28. The van der Waals surface area contributed by atoms with E-state index >= 15 is 0 Å². The number of nitrogens with zero attached hydrogens (tertiary/aromatic N) is 1. The van der Waals surface area contributed by atoms with Crippen LogP contribution in [0.4, 0.5) is 0 Å². The molecule has 1 atom stereocenters. The van der Waals surface area contributed by atoms with E-state index in [1.165, 1.54) is 19.2 Å². The Hall–Kier alpha value is -1.79. The van der Waals surface area contributed by atoms with E-state index in [4.69, 9.17) is 25.9 Å². The van der Waals surface area contributed by atoms with Crippen LogP contribution in [-0.4, -0.2) is 30.5 Å². The summed E-state index contributed by atoms with van der Waals surface area (Å²) in [5.41, 5.74) is 0.0296. The van der Waals surface area contributed by atoms with Gasteiger partial charge in [-0.25, -0.2) is 4.79 Å². The standard InChI is InChI=1S/C12H12ClNO5/c1-3-18-12(16)10-11(15)9-7(13)4-6(17-2)5-8(9)19-14-10/h4-5,11,15H,3H2,1-2H3/t11-/m1/s1. The summed E-state index contributed by atoms with van der Waals surface area (Å²) in [7, 11) is 1.48. The average Bonchev–Trinajstić information content (AvgIpc) is 2.38. The molecule has 1 aliphatic rings. The molecule has 19 heavy (non-hydrogen) atoms. The van der Waals surface area contributed by atoms with Crippen molar-refractivity contribution in [3.05, 3.63) is 22.7 Å². The smallest absolute Gasteiger partial charge is 0.359 e. The van der Waals surface area contributed by atoms with Gasteiger partial charge in [0.25, 0.3) is 0 Å². The van der Waals surface area contributed by atoms with Crippen molar-refractivity contribution in [2.45, 2.75) is 13.0 Å². The number of oxime groups is 1. The van der Waals surface area contributed by atoms with Crippen LogP contribution in [0.15, 0.2) is 17.3 Å². The molecule has 0 saturated carbocycles. The highest BCUT2D eigenvalue weighted by Gasteiger charge is 2.33. The van der Waals surface area contributed by atoms with E-state index in [-0.39, 0.29) is 28.7 Å². The first-order valence-electron chi connectivity index (χ1n) is 5.56. The fraction of sp³-hybridized carbons (Fsp3) is 0.333. The normalized spacial score (nSPS) is 17.1. The molecule has 6 nitrogen and oxygen atoms in total. The fourth-order valence-electron chi connectivity index (χ4n) is 1.67. The molecule has 1 heterocycles. The number of hydrogen-bond acceptors (Lipinski definition) is 6. The van der Waals surface area contributed by atoms with Crippen LogP contribution in [0.5, 0.6) is 11.5 Å². The van der Waals surface area contributed by atoms with Gasteiger partial charge in [0, 0.05) is 6.07 Å². The van der Waals surface area contributed by atoms with E-state index in [1.54, 1.807) is 6.92 Å². The first kappa shape index (κ1) is 13.6. The van der Waals surface area contributed by atoms with Crippen LogP contribution in [0.1, 0.15) is 18.6 Å². The fourth-order valence-corrected chi connectivity index (χ4v) is 1.97. The molecule has 0 saturated heterocycles. The molecule has 1 N–H and O–H groups in total. The lowest BCUT2D eigenvalue weighted by molar-refractivity contribution is -0.135. The first-order chi connectivity index (χ1) is 9.08. The van der Waals surface area contributed by atoms with Crippen molar-refractivity contribution in [3.8, 4) is 11.5 Å². The van der Waals surface area contributed by atoms with Crippen molar-refractivity contribution in [2.24, 2.45) is 5.16 Å². The quantitative estimate of drug-likeness (QED) is 0.855. The number of benzene rings is 1. The third-order valence-corrected chi connectivity index (χ3v) is 2.87. The Morgan fingerprint density at radius 1 is 1.58 bits per heavy atom. The maximum Gasteiger partial charge on any atom is 0.359 e. The summed E-state index contributed by atoms with van der Waals surface area (Å²) in [6, 6.07) is 3.04. The number of methoxy groups -OCH3 is 1. The van der Waals surface area contributed by atoms with Crippen LogP contribution in [0.25, 0.3) is 0 Å². The summed E-state index contributed by atoms with van der Waals surface area (Å²) in [4.78, 5) is 16.7. The van der Waals surface area contributed by atoms with Gasteiger partial charge >= 0.3 is 5.97 Å². The molecule has 1 aliphatic heterocycles. The van der Waals surface area contributed by atoms with Gasteiger partial charge in [-0.05, 0) is 13.0 Å². The number of carbonyl (C=O) groups excluding carboxylic acids is 1. The van der Waals surface area contributed by atoms with Gasteiger partial charge in [0.2, 0.25) is 0 Å². The Morgan fingerprint density at radius 2 is 2.32 bits per heavy atom. The maximum absolute atomic E-state index is 11.6. The van der Waals surface area contributed by atoms with Gasteiger partial charge in [-0.2, -0.15) is 0 Å². The molecule has 7 heteroatoms. The molecule has 0 aliphatic carbocycles. The minimum atomic E-state index is -1.29. The lowest BCUT2D eigenvalue weighted by atomic mass is 10.0. The van der Waals surface area contributed by atoms with E-state index in [2.05, 4.69) is 5.16 Å². The zero-order valence-electron chi connectivity index (χ0n) is 10.3. The Balaban J connectivity index is 2.38. The van der Waals surface area contributed by atoms with Gasteiger partial charge in [-0.15, -0.1) is 0 Å². The number of hydrogen-bond donors (Lipinski definition) is 1. The van der Waals surface area contributed by atoms with E-state index in [1.807, 2.05) is 0 Å². The van der Waals surface area contributed by atoms with Gasteiger partial charge in [-0.3, -0.25) is 0 Å². The highest BCUT2D eigenvalue weighted by atomic mass is 35.5. The van der Waals surface area contributed by atoms with E-state index in [0.717, 1.165) is 0 Å². The predicted octanol–water partition coefficient (Wildman–Crippen LogP) is 1.69. The maximum atomic E-state index is 11.6. The van der Waals surface area contributed by atoms with Crippen LogP contribution < -0.4 is 9.57 Å². The number of carbonyl (C=O) groups is 1. The highest BCUT2D eigenvalue weighted by Crippen LogP contribution is 2.39. The summed E-state index contributed by atoms with van der Waals surface area (Å²) >= 11 is 6.04. The molecule has 0 fully saturated rings. The second-order valence-corrected chi connectivity index (χ2v) is 4.12. The summed E-state index contributed by atoms with van der Waals surface area (Å²) in [5.74, 6) is -0.0387. The van der Waals surface area contributed by atoms with Gasteiger partial charge in [0.15, 0.2) is 11.5 Å². The molecule has 2 rings (SSSR count). The predicted molar refractivity (Wildman–Crippen MR) is 67.7 cm³/mol. The number of aliphatic hydroxyl groups excluding tert-OH is 1. The highest BCUT2D eigenvalue weighted by molar-refractivity contribution is 6.39. The Morgan fingerprint density at radius 3 is 2.95 bits per heavy atom. The third-order valence-electron chi connectivity index (χ3n) is 2.56. The van der Waals surface area contributed by atoms with Crippen LogP contribution in [0.2, 0.25) is 5.02 Å². The van der Waals surface area contributed by atoms with Crippen molar-refractivity contribution in [1.29, 1.82) is 0 Å². The van der Waals surface area contributed by atoms with E-state index in [9.17, 15) is 9.90 Å². The number of halogens is 1. The number of esters is 1. The van der Waals surface area contributed by atoms with Crippen LogP contribution in [0, 0.1) is 0 Å². The molecule has 1 aromatic rings. The summed E-state index contributed by atoms with van der Waals surface area (Å²) in [6.07, 6.45) is -1.29. The topological polar surface area (TPSA) is 77.4 Å². The zero-order valence-corrected chi connectivity index (χ0v) is 11.1. The molecular formula is C12H12ClNO5. The van der Waals surface area contributed by atoms with E-state index in [0.29, 0.717) is 5.75 Å². The Kier molecular flexibility index (Phi) is 3.92. The van der Waals surface area contributed by atoms with E-state index < -0.39 is 12.1 Å². The van der Waals surface area contributed by atoms with Gasteiger partial charge in [0.05, 0.1) is 24.3 Å². The lowest BCUT2D eigenvalue weighted by Gasteiger charge is -2.21. The van der Waals surface area contributed by atoms with Gasteiger partial charge < -0.3 is 19.4 Å². The molecule has 0 unspecified atom stereocenters. The molecule has 0 radical (unpaired) electrons.